The van der Waals surface area contributed by atoms with Crippen molar-refractivity contribution in [2.75, 3.05) is 27.8 Å². The van der Waals surface area contributed by atoms with Crippen molar-refractivity contribution in [3.05, 3.63) is 59.7 Å². The molecule has 0 spiro atoms. The van der Waals surface area contributed by atoms with Crippen molar-refractivity contribution >= 4 is 11.8 Å². The Bertz CT molecular complexity index is 737. The standard InChI is InChI=1S/C21H26N2O3/c1-15(14-26-4)22-21(25)19-11-9-18(10-12-19)17-7-5-16(6-8-17)13-20(24)23(2)3/h5-12,15H,13-14H2,1-4H3,(H,22,25)/t15-/m0/s1. The summed E-state index contributed by atoms with van der Waals surface area (Å²) in [5.74, 6) is -0.0329. The van der Waals surface area contributed by atoms with E-state index in [1.54, 1.807) is 26.1 Å². The van der Waals surface area contributed by atoms with Gasteiger partial charge in [-0.05, 0) is 35.7 Å². The molecular formula is C21H26N2O3. The minimum atomic E-state index is -0.112. The van der Waals surface area contributed by atoms with Crippen molar-refractivity contribution in [2.45, 2.75) is 19.4 Å². The highest BCUT2D eigenvalue weighted by atomic mass is 16.5. The molecule has 5 nitrogen and oxygen atoms in total. The zero-order chi connectivity index (χ0) is 19.1. The van der Waals surface area contributed by atoms with Crippen molar-refractivity contribution < 1.29 is 14.3 Å². The summed E-state index contributed by atoms with van der Waals surface area (Å²) in [5, 5.41) is 2.89. The minimum Gasteiger partial charge on any atom is -0.383 e. The van der Waals surface area contributed by atoms with E-state index in [0.29, 0.717) is 18.6 Å². The number of likely N-dealkylation sites (N-methyl/N-ethyl adjacent to an activating group) is 1. The summed E-state index contributed by atoms with van der Waals surface area (Å²) in [5.41, 5.74) is 3.67. The number of hydrogen-bond donors (Lipinski definition) is 1. The van der Waals surface area contributed by atoms with Gasteiger partial charge in [0.1, 0.15) is 0 Å². The van der Waals surface area contributed by atoms with Crippen molar-refractivity contribution in [3.63, 3.8) is 0 Å². The average Bonchev–Trinajstić information content (AvgIpc) is 2.62. The van der Waals surface area contributed by atoms with Crippen LogP contribution in [0.2, 0.25) is 0 Å². The van der Waals surface area contributed by atoms with Crippen LogP contribution in [0.15, 0.2) is 48.5 Å². The molecule has 1 N–H and O–H groups in total. The topological polar surface area (TPSA) is 58.6 Å². The van der Waals surface area contributed by atoms with E-state index in [1.807, 2.05) is 55.5 Å². The number of carbonyl (C=O) groups excluding carboxylic acids is 2. The molecule has 0 saturated carbocycles. The second-order valence-electron chi connectivity index (χ2n) is 6.57. The molecule has 2 aromatic rings. The number of ether oxygens (including phenoxy) is 1. The first kappa shape index (κ1) is 19.7. The minimum absolute atomic E-state index is 0.0374. The Hall–Kier alpha value is -2.66. The number of methoxy groups -OCH3 is 1. The van der Waals surface area contributed by atoms with Crippen molar-refractivity contribution in [1.29, 1.82) is 0 Å². The smallest absolute Gasteiger partial charge is 0.251 e. The molecule has 26 heavy (non-hydrogen) atoms. The molecule has 0 unspecified atom stereocenters. The molecule has 0 aliphatic heterocycles. The second-order valence-corrected chi connectivity index (χ2v) is 6.57. The van der Waals surface area contributed by atoms with Crippen LogP contribution in [0.3, 0.4) is 0 Å². The normalized spacial score (nSPS) is 11.7. The Labute approximate surface area is 155 Å². The van der Waals surface area contributed by atoms with Gasteiger partial charge in [0, 0.05) is 32.8 Å². The number of hydrogen-bond acceptors (Lipinski definition) is 3. The maximum Gasteiger partial charge on any atom is 0.251 e. The summed E-state index contributed by atoms with van der Waals surface area (Å²) in [6.07, 6.45) is 0.395. The quantitative estimate of drug-likeness (QED) is 0.832. The van der Waals surface area contributed by atoms with Crippen LogP contribution < -0.4 is 5.32 Å². The molecule has 0 heterocycles. The molecule has 2 rings (SSSR count). The van der Waals surface area contributed by atoms with Crippen molar-refractivity contribution in [1.82, 2.24) is 10.2 Å². The summed E-state index contributed by atoms with van der Waals surface area (Å²) in [7, 11) is 5.12. The second kappa shape index (κ2) is 9.15. The van der Waals surface area contributed by atoms with Crippen LogP contribution in [0.1, 0.15) is 22.8 Å². The number of carbonyl (C=O) groups is 2. The lowest BCUT2D eigenvalue weighted by Gasteiger charge is -2.13. The first-order valence-electron chi connectivity index (χ1n) is 8.60. The van der Waals surface area contributed by atoms with E-state index in [1.165, 1.54) is 0 Å². The van der Waals surface area contributed by atoms with Crippen LogP contribution in [0.25, 0.3) is 11.1 Å². The van der Waals surface area contributed by atoms with Gasteiger partial charge in [0.2, 0.25) is 5.91 Å². The van der Waals surface area contributed by atoms with Gasteiger partial charge in [-0.15, -0.1) is 0 Å². The molecule has 0 aliphatic rings. The fourth-order valence-corrected chi connectivity index (χ4v) is 2.56. The van der Waals surface area contributed by atoms with Gasteiger partial charge in [-0.3, -0.25) is 9.59 Å². The van der Waals surface area contributed by atoms with E-state index >= 15 is 0 Å². The summed E-state index contributed by atoms with van der Waals surface area (Å²) >= 11 is 0. The molecule has 2 amide bonds. The zero-order valence-electron chi connectivity index (χ0n) is 15.8. The Kier molecular flexibility index (Phi) is 6.92. The lowest BCUT2D eigenvalue weighted by atomic mass is 10.0. The predicted molar refractivity (Wildman–Crippen MR) is 103 cm³/mol. The van der Waals surface area contributed by atoms with Gasteiger partial charge in [-0.1, -0.05) is 36.4 Å². The predicted octanol–water partition coefficient (Wildman–Crippen LogP) is 2.75. The van der Waals surface area contributed by atoms with E-state index in [-0.39, 0.29) is 17.9 Å². The Morgan fingerprint density at radius 2 is 1.54 bits per heavy atom. The van der Waals surface area contributed by atoms with Crippen LogP contribution in [-0.2, 0) is 16.0 Å². The molecule has 0 aromatic heterocycles. The Morgan fingerprint density at radius 3 is 2.04 bits per heavy atom. The third-order valence-electron chi connectivity index (χ3n) is 4.08. The van der Waals surface area contributed by atoms with Crippen LogP contribution in [-0.4, -0.2) is 50.6 Å². The molecule has 1 atom stereocenters. The molecule has 0 aliphatic carbocycles. The van der Waals surface area contributed by atoms with Gasteiger partial charge in [-0.25, -0.2) is 0 Å². The molecule has 2 aromatic carbocycles. The lowest BCUT2D eigenvalue weighted by molar-refractivity contribution is -0.127. The number of nitrogens with one attached hydrogen (secondary N) is 1. The Morgan fingerprint density at radius 1 is 1.00 bits per heavy atom. The van der Waals surface area contributed by atoms with Crippen LogP contribution in [0.5, 0.6) is 0 Å². The molecule has 0 saturated heterocycles. The monoisotopic (exact) mass is 354 g/mol. The van der Waals surface area contributed by atoms with Gasteiger partial charge in [0.15, 0.2) is 0 Å². The SMILES string of the molecule is COC[C@H](C)NC(=O)c1ccc(-c2ccc(CC(=O)N(C)C)cc2)cc1. The summed E-state index contributed by atoms with van der Waals surface area (Å²) in [6.45, 7) is 2.38. The Balaban J connectivity index is 2.04. The van der Waals surface area contributed by atoms with Crippen molar-refractivity contribution in [3.8, 4) is 11.1 Å². The van der Waals surface area contributed by atoms with Gasteiger partial charge in [0.25, 0.3) is 5.91 Å². The summed E-state index contributed by atoms with van der Waals surface area (Å²) in [4.78, 5) is 25.5. The van der Waals surface area contributed by atoms with Gasteiger partial charge < -0.3 is 15.0 Å². The maximum absolute atomic E-state index is 12.2. The number of nitrogens with zero attached hydrogens (tertiary/aromatic N) is 1. The third kappa shape index (κ3) is 5.43. The van der Waals surface area contributed by atoms with E-state index in [0.717, 1.165) is 16.7 Å². The van der Waals surface area contributed by atoms with E-state index < -0.39 is 0 Å². The first-order valence-corrected chi connectivity index (χ1v) is 8.60. The van der Waals surface area contributed by atoms with E-state index in [9.17, 15) is 9.59 Å². The van der Waals surface area contributed by atoms with Crippen molar-refractivity contribution in [2.24, 2.45) is 0 Å². The average molecular weight is 354 g/mol. The molecule has 0 radical (unpaired) electrons. The summed E-state index contributed by atoms with van der Waals surface area (Å²) in [6, 6.07) is 15.4. The zero-order valence-corrected chi connectivity index (χ0v) is 15.8. The highest BCUT2D eigenvalue weighted by Crippen LogP contribution is 2.21. The van der Waals surface area contributed by atoms with E-state index in [2.05, 4.69) is 5.32 Å². The highest BCUT2D eigenvalue weighted by molar-refractivity contribution is 5.94. The first-order chi connectivity index (χ1) is 12.4. The lowest BCUT2D eigenvalue weighted by Crippen LogP contribution is -2.35. The highest BCUT2D eigenvalue weighted by Gasteiger charge is 2.10. The number of amides is 2. The van der Waals surface area contributed by atoms with Gasteiger partial charge in [0.05, 0.1) is 13.0 Å². The van der Waals surface area contributed by atoms with Gasteiger partial charge in [-0.2, -0.15) is 0 Å². The fraction of sp³-hybridized carbons (Fsp3) is 0.333. The van der Waals surface area contributed by atoms with Crippen LogP contribution in [0, 0.1) is 0 Å². The summed E-state index contributed by atoms with van der Waals surface area (Å²) < 4.78 is 5.03. The molecule has 5 heteroatoms. The molecule has 138 valence electrons. The number of benzene rings is 2. The van der Waals surface area contributed by atoms with Crippen LogP contribution in [0.4, 0.5) is 0 Å². The molecule has 0 fully saturated rings. The van der Waals surface area contributed by atoms with Gasteiger partial charge >= 0.3 is 0 Å². The molecule has 0 bridgehead atoms. The number of rotatable bonds is 7. The van der Waals surface area contributed by atoms with E-state index in [4.69, 9.17) is 4.74 Å². The largest absolute Gasteiger partial charge is 0.383 e. The maximum atomic E-state index is 12.2. The van der Waals surface area contributed by atoms with Crippen LogP contribution >= 0.6 is 0 Å². The third-order valence-corrected chi connectivity index (χ3v) is 4.08. The molecular weight excluding hydrogens is 328 g/mol. The fourth-order valence-electron chi connectivity index (χ4n) is 2.56.